The Bertz CT molecular complexity index is 1080. The minimum absolute atomic E-state index is 0.263. The molecule has 2 heterocycles. The summed E-state index contributed by atoms with van der Waals surface area (Å²) in [4.78, 5) is 12.3. The molecule has 0 radical (unpaired) electrons. The molecule has 3 aromatic rings. The Labute approximate surface area is 186 Å². The average Bonchev–Trinajstić information content (AvgIpc) is 3.04. The van der Waals surface area contributed by atoms with Gasteiger partial charge in [-0.15, -0.1) is 0 Å². The molecule has 2 amide bonds. The third-order valence-electron chi connectivity index (χ3n) is 5.24. The van der Waals surface area contributed by atoms with E-state index in [2.05, 4.69) is 27.9 Å². The van der Waals surface area contributed by atoms with E-state index in [1.807, 2.05) is 42.8 Å². The van der Waals surface area contributed by atoms with Crippen molar-refractivity contribution >= 4 is 17.6 Å². The van der Waals surface area contributed by atoms with Gasteiger partial charge in [0.2, 0.25) is 0 Å². The van der Waals surface area contributed by atoms with Crippen LogP contribution in [0.3, 0.4) is 0 Å². The van der Waals surface area contributed by atoms with Crippen molar-refractivity contribution in [3.8, 4) is 11.5 Å². The Morgan fingerprint density at radius 3 is 2.61 bits per heavy atom. The van der Waals surface area contributed by atoms with Crippen molar-refractivity contribution in [3.63, 3.8) is 0 Å². The monoisotopic (exact) mass is 440 g/mol. The summed E-state index contributed by atoms with van der Waals surface area (Å²) in [5, 5.41) is 10.9. The van der Waals surface area contributed by atoms with E-state index in [-0.39, 0.29) is 6.03 Å². The molecular formula is C23H25ClN4O3. The first-order chi connectivity index (χ1) is 15.0. The van der Waals surface area contributed by atoms with Gasteiger partial charge in [-0.25, -0.2) is 4.79 Å². The number of carbonyl (C=O) groups is 1. The zero-order valence-electron chi connectivity index (χ0n) is 17.6. The predicted molar refractivity (Wildman–Crippen MR) is 119 cm³/mol. The lowest BCUT2D eigenvalue weighted by Crippen LogP contribution is -2.34. The molecule has 162 valence electrons. The summed E-state index contributed by atoms with van der Waals surface area (Å²) in [6, 6.07) is 13.5. The first-order valence-corrected chi connectivity index (χ1v) is 10.6. The smallest absolute Gasteiger partial charge is 0.315 e. The summed E-state index contributed by atoms with van der Waals surface area (Å²) in [6.45, 7) is 6.37. The fourth-order valence-corrected chi connectivity index (χ4v) is 3.87. The lowest BCUT2D eigenvalue weighted by Gasteiger charge is -2.20. The maximum atomic E-state index is 12.3. The number of urea groups is 1. The molecule has 7 nitrogen and oxygen atoms in total. The first kappa shape index (κ1) is 21.1. The van der Waals surface area contributed by atoms with E-state index in [1.165, 1.54) is 5.56 Å². The fraction of sp³-hybridized carbons (Fsp3) is 0.304. The molecule has 0 bridgehead atoms. The number of ether oxygens (including phenoxy) is 2. The van der Waals surface area contributed by atoms with Crippen molar-refractivity contribution in [2.24, 2.45) is 0 Å². The van der Waals surface area contributed by atoms with Gasteiger partial charge in [-0.2, -0.15) is 5.10 Å². The van der Waals surface area contributed by atoms with Crippen molar-refractivity contribution in [1.29, 1.82) is 0 Å². The molecule has 1 aliphatic rings. The number of hydrogen-bond donors (Lipinski definition) is 2. The van der Waals surface area contributed by atoms with Crippen LogP contribution in [0.5, 0.6) is 11.5 Å². The van der Waals surface area contributed by atoms with Gasteiger partial charge in [0, 0.05) is 24.3 Å². The van der Waals surface area contributed by atoms with Crippen LogP contribution in [0.25, 0.3) is 0 Å². The Morgan fingerprint density at radius 1 is 1.06 bits per heavy atom. The van der Waals surface area contributed by atoms with E-state index in [0.29, 0.717) is 49.4 Å². The second kappa shape index (κ2) is 9.31. The fourth-order valence-electron chi connectivity index (χ4n) is 3.58. The molecule has 0 spiro atoms. The number of hydrogen-bond acceptors (Lipinski definition) is 4. The van der Waals surface area contributed by atoms with Crippen LogP contribution in [0.15, 0.2) is 42.5 Å². The highest BCUT2D eigenvalue weighted by Crippen LogP contribution is 2.38. The quantitative estimate of drug-likeness (QED) is 0.608. The van der Waals surface area contributed by atoms with Crippen LogP contribution in [-0.2, 0) is 19.6 Å². The molecule has 2 N–H and O–H groups in total. The van der Waals surface area contributed by atoms with Crippen LogP contribution in [0.4, 0.5) is 4.79 Å². The lowest BCUT2D eigenvalue weighted by molar-refractivity contribution is 0.171. The van der Waals surface area contributed by atoms with Crippen LogP contribution in [0, 0.1) is 13.8 Å². The van der Waals surface area contributed by atoms with Crippen LogP contribution < -0.4 is 20.1 Å². The van der Waals surface area contributed by atoms with Gasteiger partial charge in [0.1, 0.15) is 13.2 Å². The number of aromatic nitrogens is 2. The number of nitrogens with one attached hydrogen (secondary N) is 2. The van der Waals surface area contributed by atoms with Crippen LogP contribution in [0.1, 0.15) is 28.1 Å². The Balaban J connectivity index is 1.33. The number of amides is 2. The molecule has 2 aromatic carbocycles. The Kier molecular flexibility index (Phi) is 6.32. The number of halogens is 1. The van der Waals surface area contributed by atoms with Crippen LogP contribution in [0.2, 0.25) is 5.02 Å². The third-order valence-corrected chi connectivity index (χ3v) is 5.52. The standard InChI is InChI=1S/C23H25ClN4O3/c1-15-19(16(2)28(27-15)14-17-6-4-3-5-7-17)13-26-23(29)25-12-18-10-20(24)22-21(11-18)30-8-9-31-22/h3-7,10-11H,8-9,12-14H2,1-2H3,(H2,25,26,29). The van der Waals surface area contributed by atoms with Gasteiger partial charge < -0.3 is 20.1 Å². The van der Waals surface area contributed by atoms with Crippen molar-refractivity contribution in [1.82, 2.24) is 20.4 Å². The number of rotatable bonds is 6. The third kappa shape index (κ3) is 4.94. The molecule has 1 aliphatic heterocycles. The lowest BCUT2D eigenvalue weighted by atomic mass is 10.2. The van der Waals surface area contributed by atoms with E-state index in [4.69, 9.17) is 21.1 Å². The van der Waals surface area contributed by atoms with Crippen molar-refractivity contribution < 1.29 is 14.3 Å². The summed E-state index contributed by atoms with van der Waals surface area (Å²) < 4.78 is 13.1. The van der Waals surface area contributed by atoms with E-state index in [0.717, 1.165) is 22.5 Å². The number of benzene rings is 2. The molecular weight excluding hydrogens is 416 g/mol. The van der Waals surface area contributed by atoms with Crippen LogP contribution >= 0.6 is 11.6 Å². The van der Waals surface area contributed by atoms with Gasteiger partial charge >= 0.3 is 6.03 Å². The van der Waals surface area contributed by atoms with Gasteiger partial charge in [0.05, 0.1) is 17.3 Å². The summed E-state index contributed by atoms with van der Waals surface area (Å²) in [5.74, 6) is 1.16. The molecule has 8 heteroatoms. The van der Waals surface area contributed by atoms with Gasteiger partial charge in [0.25, 0.3) is 0 Å². The minimum Gasteiger partial charge on any atom is -0.486 e. The van der Waals surface area contributed by atoms with Gasteiger partial charge in [-0.1, -0.05) is 41.9 Å². The van der Waals surface area contributed by atoms with Gasteiger partial charge in [0.15, 0.2) is 11.5 Å². The highest BCUT2D eigenvalue weighted by atomic mass is 35.5. The second-order valence-corrected chi connectivity index (χ2v) is 7.84. The minimum atomic E-state index is -0.263. The topological polar surface area (TPSA) is 77.4 Å². The molecule has 0 fully saturated rings. The SMILES string of the molecule is Cc1nn(Cc2ccccc2)c(C)c1CNC(=O)NCc1cc(Cl)c2c(c1)OCCO2. The number of nitrogens with zero attached hydrogens (tertiary/aromatic N) is 2. The largest absolute Gasteiger partial charge is 0.486 e. The molecule has 1 aromatic heterocycles. The first-order valence-electron chi connectivity index (χ1n) is 10.2. The van der Waals surface area contributed by atoms with Crippen molar-refractivity contribution in [2.75, 3.05) is 13.2 Å². The Morgan fingerprint density at radius 2 is 1.81 bits per heavy atom. The average molecular weight is 441 g/mol. The highest BCUT2D eigenvalue weighted by molar-refractivity contribution is 6.32. The zero-order valence-corrected chi connectivity index (χ0v) is 18.3. The Hall–Kier alpha value is -3.19. The van der Waals surface area contributed by atoms with E-state index < -0.39 is 0 Å². The number of fused-ring (bicyclic) bond motifs is 1. The van der Waals surface area contributed by atoms with E-state index in [1.54, 1.807) is 6.07 Å². The summed E-state index contributed by atoms with van der Waals surface area (Å²) in [6.07, 6.45) is 0. The molecule has 4 rings (SSSR count). The normalized spacial score (nSPS) is 12.5. The molecule has 31 heavy (non-hydrogen) atoms. The van der Waals surface area contributed by atoms with E-state index in [9.17, 15) is 4.79 Å². The van der Waals surface area contributed by atoms with Crippen LogP contribution in [-0.4, -0.2) is 29.0 Å². The molecule has 0 atom stereocenters. The zero-order chi connectivity index (χ0) is 21.8. The molecule has 0 saturated heterocycles. The van der Waals surface area contributed by atoms with E-state index >= 15 is 0 Å². The maximum absolute atomic E-state index is 12.3. The van der Waals surface area contributed by atoms with Crippen molar-refractivity contribution in [2.45, 2.75) is 33.5 Å². The van der Waals surface area contributed by atoms with Crippen molar-refractivity contribution in [3.05, 3.63) is 75.6 Å². The maximum Gasteiger partial charge on any atom is 0.315 e. The van der Waals surface area contributed by atoms with Gasteiger partial charge in [-0.3, -0.25) is 4.68 Å². The summed E-state index contributed by atoms with van der Waals surface area (Å²) in [5.41, 5.74) is 5.00. The summed E-state index contributed by atoms with van der Waals surface area (Å²) in [7, 11) is 0. The number of aryl methyl sites for hydroxylation is 1. The highest BCUT2D eigenvalue weighted by Gasteiger charge is 2.17. The molecule has 0 aliphatic carbocycles. The molecule has 0 saturated carbocycles. The second-order valence-electron chi connectivity index (χ2n) is 7.43. The summed E-state index contributed by atoms with van der Waals surface area (Å²) >= 11 is 6.26. The predicted octanol–water partition coefficient (Wildman–Crippen LogP) is 3.97. The molecule has 0 unspecified atom stereocenters. The van der Waals surface area contributed by atoms with Gasteiger partial charge in [-0.05, 0) is 37.1 Å². The number of carbonyl (C=O) groups excluding carboxylic acids is 1.